The molecule has 0 bridgehead atoms. The highest BCUT2D eigenvalue weighted by Gasteiger charge is 2.26. The zero-order valence-corrected chi connectivity index (χ0v) is 10.9. The third-order valence-corrected chi connectivity index (χ3v) is 4.61. The Morgan fingerprint density at radius 1 is 1.33 bits per heavy atom. The van der Waals surface area contributed by atoms with Gasteiger partial charge in [-0.25, -0.2) is 8.42 Å². The Labute approximate surface area is 106 Å². The number of carbonyl (C=O) groups is 1. The van der Waals surface area contributed by atoms with Crippen LogP contribution in [-0.2, 0) is 14.6 Å². The molecule has 0 saturated heterocycles. The molecule has 0 aliphatic carbocycles. The van der Waals surface area contributed by atoms with Crippen LogP contribution in [0.4, 0.5) is 0 Å². The zero-order chi connectivity index (χ0) is 13.6. The number of sulfone groups is 1. The summed E-state index contributed by atoms with van der Waals surface area (Å²) in [5.41, 5.74) is 0. The van der Waals surface area contributed by atoms with Crippen molar-refractivity contribution in [3.63, 3.8) is 0 Å². The van der Waals surface area contributed by atoms with E-state index in [-0.39, 0.29) is 18.8 Å². The fourth-order valence-electron chi connectivity index (χ4n) is 1.30. The molecule has 100 valence electrons. The van der Waals surface area contributed by atoms with Crippen LogP contribution in [0.5, 0.6) is 5.75 Å². The molecule has 0 radical (unpaired) electrons. The van der Waals surface area contributed by atoms with Crippen LogP contribution in [0.15, 0.2) is 30.3 Å². The minimum absolute atomic E-state index is 0.187. The summed E-state index contributed by atoms with van der Waals surface area (Å²) < 4.78 is 28.4. The number of carboxylic acid groups (broad SMARTS) is 1. The van der Waals surface area contributed by atoms with Gasteiger partial charge in [0.15, 0.2) is 15.1 Å². The summed E-state index contributed by atoms with van der Waals surface area (Å²) in [6.07, 6.45) is 0.273. The SMILES string of the molecule is CC(C(=O)O)S(=O)(=O)CCCOc1ccccc1. The summed E-state index contributed by atoms with van der Waals surface area (Å²) in [5, 5.41) is 7.28. The fraction of sp³-hybridized carbons (Fsp3) is 0.417. The first kappa shape index (κ1) is 14.5. The molecule has 1 atom stereocenters. The van der Waals surface area contributed by atoms with Gasteiger partial charge in [0.25, 0.3) is 0 Å². The van der Waals surface area contributed by atoms with E-state index in [0.29, 0.717) is 5.75 Å². The molecule has 0 aliphatic heterocycles. The molecule has 0 heterocycles. The summed E-state index contributed by atoms with van der Waals surface area (Å²) in [6, 6.07) is 9.03. The molecule has 0 fully saturated rings. The van der Waals surface area contributed by atoms with Crippen LogP contribution < -0.4 is 4.74 Å². The second-order valence-corrected chi connectivity index (χ2v) is 6.30. The van der Waals surface area contributed by atoms with E-state index >= 15 is 0 Å². The van der Waals surface area contributed by atoms with Crippen LogP contribution in [0, 0.1) is 0 Å². The summed E-state index contributed by atoms with van der Waals surface area (Å²) in [7, 11) is -3.59. The average Bonchev–Trinajstić information content (AvgIpc) is 2.35. The highest BCUT2D eigenvalue weighted by Crippen LogP contribution is 2.09. The lowest BCUT2D eigenvalue weighted by atomic mass is 10.3. The second kappa shape index (κ2) is 6.39. The Hall–Kier alpha value is -1.56. The first-order valence-corrected chi connectivity index (χ1v) is 7.27. The van der Waals surface area contributed by atoms with Gasteiger partial charge in [-0.1, -0.05) is 18.2 Å². The number of hydrogen-bond donors (Lipinski definition) is 1. The minimum Gasteiger partial charge on any atom is -0.494 e. The number of para-hydroxylation sites is 1. The van der Waals surface area contributed by atoms with Gasteiger partial charge in [-0.05, 0) is 25.5 Å². The smallest absolute Gasteiger partial charge is 0.321 e. The van der Waals surface area contributed by atoms with Gasteiger partial charge in [-0.2, -0.15) is 0 Å². The number of rotatable bonds is 7. The van der Waals surface area contributed by atoms with Crippen molar-refractivity contribution in [1.82, 2.24) is 0 Å². The minimum atomic E-state index is -3.59. The van der Waals surface area contributed by atoms with E-state index in [1.54, 1.807) is 12.1 Å². The summed E-state index contributed by atoms with van der Waals surface area (Å²) in [5.74, 6) is -0.840. The van der Waals surface area contributed by atoms with Gasteiger partial charge in [-0.3, -0.25) is 4.79 Å². The van der Waals surface area contributed by atoms with Crippen LogP contribution in [0.2, 0.25) is 0 Å². The molecule has 0 saturated carbocycles. The van der Waals surface area contributed by atoms with Crippen LogP contribution in [0.1, 0.15) is 13.3 Å². The fourth-order valence-corrected chi connectivity index (χ4v) is 2.48. The summed E-state index contributed by atoms with van der Waals surface area (Å²) in [4.78, 5) is 10.6. The topological polar surface area (TPSA) is 80.7 Å². The molecule has 6 heteroatoms. The number of carboxylic acids is 1. The predicted octanol–water partition coefficient (Wildman–Crippen LogP) is 1.34. The van der Waals surface area contributed by atoms with E-state index in [2.05, 4.69) is 0 Å². The highest BCUT2D eigenvalue weighted by molar-refractivity contribution is 7.92. The maximum atomic E-state index is 11.5. The Morgan fingerprint density at radius 2 is 1.94 bits per heavy atom. The monoisotopic (exact) mass is 272 g/mol. The molecule has 18 heavy (non-hydrogen) atoms. The third kappa shape index (κ3) is 4.37. The Morgan fingerprint density at radius 3 is 2.50 bits per heavy atom. The van der Waals surface area contributed by atoms with Gasteiger partial charge < -0.3 is 9.84 Å². The van der Waals surface area contributed by atoms with Crippen molar-refractivity contribution < 1.29 is 23.1 Å². The zero-order valence-electron chi connectivity index (χ0n) is 10.1. The van der Waals surface area contributed by atoms with Crippen LogP contribution in [-0.4, -0.2) is 37.1 Å². The van der Waals surface area contributed by atoms with Gasteiger partial charge >= 0.3 is 5.97 Å². The molecule has 1 aromatic rings. The molecule has 1 aromatic carbocycles. The van der Waals surface area contributed by atoms with Crippen molar-refractivity contribution in [3.05, 3.63) is 30.3 Å². The van der Waals surface area contributed by atoms with Crippen LogP contribution in [0.3, 0.4) is 0 Å². The van der Waals surface area contributed by atoms with Crippen LogP contribution in [0.25, 0.3) is 0 Å². The lowest BCUT2D eigenvalue weighted by Gasteiger charge is -2.09. The number of aliphatic carboxylic acids is 1. The second-order valence-electron chi connectivity index (χ2n) is 3.86. The molecular formula is C12H16O5S. The standard InChI is InChI=1S/C12H16O5S/c1-10(12(13)14)18(15,16)9-5-8-17-11-6-3-2-4-7-11/h2-4,6-7,10H,5,8-9H2,1H3,(H,13,14). The van der Waals surface area contributed by atoms with E-state index in [0.717, 1.165) is 0 Å². The van der Waals surface area contributed by atoms with Gasteiger partial charge in [0.2, 0.25) is 0 Å². The molecule has 0 aliphatic rings. The molecule has 1 N–H and O–H groups in total. The molecule has 5 nitrogen and oxygen atoms in total. The summed E-state index contributed by atoms with van der Waals surface area (Å²) >= 11 is 0. The Kier molecular flexibility index (Phi) is 5.15. The largest absolute Gasteiger partial charge is 0.494 e. The molecule has 0 aromatic heterocycles. The Bertz CT molecular complexity index is 480. The van der Waals surface area contributed by atoms with Gasteiger partial charge in [-0.15, -0.1) is 0 Å². The van der Waals surface area contributed by atoms with E-state index < -0.39 is 21.1 Å². The third-order valence-electron chi connectivity index (χ3n) is 2.47. The van der Waals surface area contributed by atoms with Crippen molar-refractivity contribution >= 4 is 15.8 Å². The van der Waals surface area contributed by atoms with E-state index in [4.69, 9.17) is 9.84 Å². The lowest BCUT2D eigenvalue weighted by molar-refractivity contribution is -0.136. The van der Waals surface area contributed by atoms with Crippen molar-refractivity contribution in [2.24, 2.45) is 0 Å². The van der Waals surface area contributed by atoms with Crippen LogP contribution >= 0.6 is 0 Å². The van der Waals surface area contributed by atoms with Crippen molar-refractivity contribution in [2.45, 2.75) is 18.6 Å². The van der Waals surface area contributed by atoms with E-state index in [9.17, 15) is 13.2 Å². The van der Waals surface area contributed by atoms with Gasteiger partial charge in [0.05, 0.1) is 12.4 Å². The quantitative estimate of drug-likeness (QED) is 0.758. The van der Waals surface area contributed by atoms with E-state index in [1.165, 1.54) is 6.92 Å². The summed E-state index contributed by atoms with van der Waals surface area (Å²) in [6.45, 7) is 1.42. The van der Waals surface area contributed by atoms with Crippen molar-refractivity contribution in [3.8, 4) is 5.75 Å². The first-order chi connectivity index (χ1) is 8.43. The normalized spacial score (nSPS) is 12.9. The first-order valence-electron chi connectivity index (χ1n) is 5.55. The van der Waals surface area contributed by atoms with Crippen molar-refractivity contribution in [2.75, 3.05) is 12.4 Å². The predicted molar refractivity (Wildman–Crippen MR) is 67.4 cm³/mol. The maximum absolute atomic E-state index is 11.5. The Balaban J connectivity index is 2.36. The van der Waals surface area contributed by atoms with Crippen molar-refractivity contribution in [1.29, 1.82) is 0 Å². The van der Waals surface area contributed by atoms with E-state index in [1.807, 2.05) is 18.2 Å². The molecule has 1 unspecified atom stereocenters. The molecule has 0 spiro atoms. The number of ether oxygens (including phenoxy) is 1. The highest BCUT2D eigenvalue weighted by atomic mass is 32.2. The van der Waals surface area contributed by atoms with Gasteiger partial charge in [0.1, 0.15) is 5.75 Å². The number of hydrogen-bond acceptors (Lipinski definition) is 4. The van der Waals surface area contributed by atoms with Gasteiger partial charge in [0, 0.05) is 0 Å². The number of benzene rings is 1. The maximum Gasteiger partial charge on any atom is 0.321 e. The molecule has 1 rings (SSSR count). The molecular weight excluding hydrogens is 256 g/mol. The molecule has 0 amide bonds. The lowest BCUT2D eigenvalue weighted by Crippen LogP contribution is -2.29. The average molecular weight is 272 g/mol.